The number of carbonyl (C=O) groups excluding carboxylic acids is 1. The molecule has 0 aromatic heterocycles. The Morgan fingerprint density at radius 3 is 2.36 bits per heavy atom. The summed E-state index contributed by atoms with van der Waals surface area (Å²) >= 11 is 0. The van der Waals surface area contributed by atoms with Crippen LogP contribution in [0.5, 0.6) is 0 Å². The van der Waals surface area contributed by atoms with Gasteiger partial charge in [0.25, 0.3) is 0 Å². The predicted octanol–water partition coefficient (Wildman–Crippen LogP) is 2.88. The second kappa shape index (κ2) is 4.89. The summed E-state index contributed by atoms with van der Waals surface area (Å²) in [6, 6.07) is 0. The molecule has 62 valence electrons. The zero-order chi connectivity index (χ0) is 8.85. The summed E-state index contributed by atoms with van der Waals surface area (Å²) in [4.78, 5) is 11.1. The lowest BCUT2D eigenvalue weighted by Crippen LogP contribution is -1.97. The Morgan fingerprint density at radius 1 is 1.45 bits per heavy atom. The number of ketones is 1. The molecule has 1 nitrogen and oxygen atoms in total. The van der Waals surface area contributed by atoms with E-state index in [1.165, 1.54) is 0 Å². The molecule has 0 aliphatic carbocycles. The fraction of sp³-hybridized carbons (Fsp3) is 0.500. The van der Waals surface area contributed by atoms with Crippen LogP contribution in [0.4, 0.5) is 0 Å². The number of hydrogen-bond acceptors (Lipinski definition) is 1. The van der Waals surface area contributed by atoms with Gasteiger partial charge in [-0.3, -0.25) is 4.79 Å². The van der Waals surface area contributed by atoms with E-state index in [4.69, 9.17) is 0 Å². The van der Waals surface area contributed by atoms with Crippen LogP contribution in [-0.2, 0) is 4.79 Å². The standard InChI is InChI=1S/C10H16O/c1-5-6-10(11)9(4)7-8(2)3/h7H,4-6H2,1-3H3. The average molecular weight is 152 g/mol. The van der Waals surface area contributed by atoms with Crippen LogP contribution in [0.25, 0.3) is 0 Å². The molecule has 0 unspecified atom stereocenters. The molecule has 0 saturated heterocycles. The lowest BCUT2D eigenvalue weighted by atomic mass is 10.1. The van der Waals surface area contributed by atoms with Crippen LogP contribution in [-0.4, -0.2) is 5.78 Å². The Labute approximate surface area is 68.8 Å². The van der Waals surface area contributed by atoms with Crippen LogP contribution < -0.4 is 0 Å². The highest BCUT2D eigenvalue weighted by molar-refractivity contribution is 5.97. The second-order valence-corrected chi connectivity index (χ2v) is 2.92. The molecule has 0 spiro atoms. The van der Waals surface area contributed by atoms with Crippen LogP contribution in [0, 0.1) is 0 Å². The molecule has 0 aromatic carbocycles. The number of hydrogen-bond donors (Lipinski definition) is 0. The highest BCUT2D eigenvalue weighted by Gasteiger charge is 2.01. The molecule has 0 amide bonds. The van der Waals surface area contributed by atoms with Gasteiger partial charge in [0.1, 0.15) is 0 Å². The van der Waals surface area contributed by atoms with Gasteiger partial charge in [-0.25, -0.2) is 0 Å². The van der Waals surface area contributed by atoms with Gasteiger partial charge in [0, 0.05) is 12.0 Å². The summed E-state index contributed by atoms with van der Waals surface area (Å²) in [6.07, 6.45) is 3.34. The Balaban J connectivity index is 4.05. The van der Waals surface area contributed by atoms with Crippen molar-refractivity contribution in [1.82, 2.24) is 0 Å². The van der Waals surface area contributed by atoms with E-state index in [9.17, 15) is 4.79 Å². The van der Waals surface area contributed by atoms with Gasteiger partial charge in [0.2, 0.25) is 0 Å². The lowest BCUT2D eigenvalue weighted by molar-refractivity contribution is -0.115. The normalized spacial score (nSPS) is 9.00. The first kappa shape index (κ1) is 10.2. The minimum Gasteiger partial charge on any atom is -0.294 e. The van der Waals surface area contributed by atoms with Crippen molar-refractivity contribution < 1.29 is 4.79 Å². The maximum absolute atomic E-state index is 11.1. The first-order valence-electron chi connectivity index (χ1n) is 3.95. The summed E-state index contributed by atoms with van der Waals surface area (Å²) in [6.45, 7) is 9.61. The third-order valence-electron chi connectivity index (χ3n) is 1.30. The van der Waals surface area contributed by atoms with E-state index >= 15 is 0 Å². The molecule has 0 rings (SSSR count). The van der Waals surface area contributed by atoms with Gasteiger partial charge in [0.05, 0.1) is 0 Å². The van der Waals surface area contributed by atoms with Crippen molar-refractivity contribution in [2.75, 3.05) is 0 Å². The molecule has 1 heteroatoms. The maximum atomic E-state index is 11.1. The molecule has 0 heterocycles. The molecule has 0 radical (unpaired) electrons. The fourth-order valence-electron chi connectivity index (χ4n) is 0.817. The first-order valence-corrected chi connectivity index (χ1v) is 3.95. The molecule has 0 fully saturated rings. The van der Waals surface area contributed by atoms with Gasteiger partial charge >= 0.3 is 0 Å². The van der Waals surface area contributed by atoms with Gasteiger partial charge < -0.3 is 0 Å². The average Bonchev–Trinajstić information content (AvgIpc) is 1.86. The van der Waals surface area contributed by atoms with Crippen LogP contribution in [0.1, 0.15) is 33.6 Å². The monoisotopic (exact) mass is 152 g/mol. The van der Waals surface area contributed by atoms with Gasteiger partial charge in [-0.2, -0.15) is 0 Å². The SMILES string of the molecule is C=C(C=C(C)C)C(=O)CCC. The van der Waals surface area contributed by atoms with Crippen LogP contribution >= 0.6 is 0 Å². The summed E-state index contributed by atoms with van der Waals surface area (Å²) in [5.41, 5.74) is 1.76. The quantitative estimate of drug-likeness (QED) is 0.447. The molecule has 11 heavy (non-hydrogen) atoms. The van der Waals surface area contributed by atoms with E-state index in [1.54, 1.807) is 0 Å². The zero-order valence-electron chi connectivity index (χ0n) is 7.61. The topological polar surface area (TPSA) is 17.1 Å². The van der Waals surface area contributed by atoms with Crippen molar-refractivity contribution in [3.05, 3.63) is 23.8 Å². The van der Waals surface area contributed by atoms with E-state index in [-0.39, 0.29) is 5.78 Å². The highest BCUT2D eigenvalue weighted by atomic mass is 16.1. The Hall–Kier alpha value is -0.850. The van der Waals surface area contributed by atoms with E-state index in [0.717, 1.165) is 12.0 Å². The van der Waals surface area contributed by atoms with Crippen molar-refractivity contribution in [3.63, 3.8) is 0 Å². The van der Waals surface area contributed by atoms with Gasteiger partial charge in [-0.15, -0.1) is 0 Å². The summed E-state index contributed by atoms with van der Waals surface area (Å²) in [7, 11) is 0. The second-order valence-electron chi connectivity index (χ2n) is 2.92. The van der Waals surface area contributed by atoms with Crippen molar-refractivity contribution in [2.45, 2.75) is 33.6 Å². The van der Waals surface area contributed by atoms with E-state index in [2.05, 4.69) is 6.58 Å². The van der Waals surface area contributed by atoms with Gasteiger partial charge in [0.15, 0.2) is 5.78 Å². The lowest BCUT2D eigenvalue weighted by Gasteiger charge is -1.97. The molecular weight excluding hydrogens is 136 g/mol. The minimum atomic E-state index is 0.161. The van der Waals surface area contributed by atoms with Crippen LogP contribution in [0.3, 0.4) is 0 Å². The van der Waals surface area contributed by atoms with Gasteiger partial charge in [-0.05, 0) is 20.3 Å². The zero-order valence-corrected chi connectivity index (χ0v) is 7.61. The van der Waals surface area contributed by atoms with Crippen molar-refractivity contribution >= 4 is 5.78 Å². The smallest absolute Gasteiger partial charge is 0.162 e. The number of Topliss-reactive ketones (excluding diaryl/α,β-unsaturated/α-hetero) is 1. The molecule has 0 N–H and O–H groups in total. The molecule has 0 aliphatic heterocycles. The predicted molar refractivity (Wildman–Crippen MR) is 48.5 cm³/mol. The summed E-state index contributed by atoms with van der Waals surface area (Å²) in [5.74, 6) is 0.161. The molecule has 0 aliphatic rings. The molecule has 0 bridgehead atoms. The number of allylic oxidation sites excluding steroid dienone is 3. The Kier molecular flexibility index (Phi) is 4.51. The van der Waals surface area contributed by atoms with E-state index in [1.807, 2.05) is 26.8 Å². The Morgan fingerprint density at radius 2 is 2.00 bits per heavy atom. The largest absolute Gasteiger partial charge is 0.294 e. The molecule has 0 atom stereocenters. The van der Waals surface area contributed by atoms with E-state index < -0.39 is 0 Å². The highest BCUT2D eigenvalue weighted by Crippen LogP contribution is 2.04. The first-order chi connectivity index (χ1) is 5.07. The van der Waals surface area contributed by atoms with Crippen LogP contribution in [0.15, 0.2) is 23.8 Å². The third-order valence-corrected chi connectivity index (χ3v) is 1.30. The molecule has 0 aromatic rings. The van der Waals surface area contributed by atoms with Crippen molar-refractivity contribution in [3.8, 4) is 0 Å². The summed E-state index contributed by atoms with van der Waals surface area (Å²) in [5, 5.41) is 0. The number of carbonyl (C=O) groups is 1. The Bertz CT molecular complexity index is 183. The summed E-state index contributed by atoms with van der Waals surface area (Å²) < 4.78 is 0. The third kappa shape index (κ3) is 4.54. The van der Waals surface area contributed by atoms with Crippen molar-refractivity contribution in [2.24, 2.45) is 0 Å². The van der Waals surface area contributed by atoms with E-state index in [0.29, 0.717) is 12.0 Å². The van der Waals surface area contributed by atoms with Crippen LogP contribution in [0.2, 0.25) is 0 Å². The molecular formula is C10H16O. The number of rotatable bonds is 4. The molecule has 0 saturated carbocycles. The van der Waals surface area contributed by atoms with Crippen molar-refractivity contribution in [1.29, 1.82) is 0 Å². The fourth-order valence-corrected chi connectivity index (χ4v) is 0.817. The maximum Gasteiger partial charge on any atom is 0.162 e. The minimum absolute atomic E-state index is 0.161. The van der Waals surface area contributed by atoms with Gasteiger partial charge in [-0.1, -0.05) is 25.2 Å².